The number of pyridine rings is 2. The summed E-state index contributed by atoms with van der Waals surface area (Å²) in [6, 6.07) is 27.0. The lowest BCUT2D eigenvalue weighted by atomic mass is 9.79. The van der Waals surface area contributed by atoms with E-state index in [4.69, 9.17) is 19.9 Å². The molecule has 0 aliphatic heterocycles. The van der Waals surface area contributed by atoms with Crippen molar-refractivity contribution in [2.24, 2.45) is 14.1 Å². The highest BCUT2D eigenvalue weighted by Crippen LogP contribution is 2.45. The molecule has 10 heteroatoms. The number of aromatic hydroxyl groups is 2. The van der Waals surface area contributed by atoms with Crippen molar-refractivity contribution in [3.8, 4) is 79.0 Å². The molecule has 0 radical (unpaired) electrons. The number of phenolic OH excluding ortho intramolecular Hbond substituents is 2. The maximum Gasteiger partial charge on any atom is 0.144 e. The van der Waals surface area contributed by atoms with Gasteiger partial charge >= 0.3 is 0 Å². The molecule has 0 fully saturated rings. The van der Waals surface area contributed by atoms with Crippen LogP contribution in [0.15, 0.2) is 110 Å². The predicted octanol–water partition coefficient (Wildman–Crippen LogP) is 13.6. The molecule has 68 heavy (non-hydrogen) atoms. The summed E-state index contributed by atoms with van der Waals surface area (Å²) < 4.78 is 4.05. The van der Waals surface area contributed by atoms with Crippen molar-refractivity contribution in [1.29, 1.82) is 0 Å². The fourth-order valence-corrected chi connectivity index (χ4v) is 9.09. The quantitative estimate of drug-likeness (QED) is 0.169. The molecule has 10 nitrogen and oxygen atoms in total. The van der Waals surface area contributed by atoms with E-state index < -0.39 is 0 Å². The molecule has 346 valence electrons. The fraction of sp³-hybridized carbons (Fsp3) is 0.310. The zero-order valence-corrected chi connectivity index (χ0v) is 41.9. The predicted molar refractivity (Wildman–Crippen MR) is 277 cm³/mol. The van der Waals surface area contributed by atoms with Gasteiger partial charge in [0.2, 0.25) is 0 Å². The standard InChI is InChI=1S/C58H62N8O2/c1-55(2,3)37-23-39(51(67)43(25-37)57(7,8)9)53-63-49-41(28-59-30-47(49)65(53)13)33-17-15-19-35(21-33)45-27-46(62-32-61-45)36-20-16-18-34(22-36)42-29-60-31-48-50(42)64-54(66(48)14)40-24-38(56(4,5)6)26-44(52(40)68)58(10,11)12/h15-32,67-68H,1-14H3. The van der Waals surface area contributed by atoms with E-state index in [-0.39, 0.29) is 33.2 Å². The maximum absolute atomic E-state index is 11.8. The highest BCUT2D eigenvalue weighted by molar-refractivity contribution is 5.96. The fourth-order valence-electron chi connectivity index (χ4n) is 9.09. The summed E-state index contributed by atoms with van der Waals surface area (Å²) in [5.74, 6) is 1.85. The number of fused-ring (bicyclic) bond motifs is 2. The smallest absolute Gasteiger partial charge is 0.144 e. The lowest BCUT2D eigenvalue weighted by Crippen LogP contribution is -2.17. The van der Waals surface area contributed by atoms with Crippen molar-refractivity contribution in [2.75, 3.05) is 0 Å². The SMILES string of the molecule is Cn1c(-c2cc(C(C)(C)C)cc(C(C)(C)C)c2O)nc2c(-c3cccc(-c4cc(-c5cccc(-c6cncc7c6nc(-c6cc(C(C)(C)C)cc(C(C)(C)C)c6O)n7C)c5)ncn4)c3)cncc21. The van der Waals surface area contributed by atoms with Crippen LogP contribution in [-0.2, 0) is 35.8 Å². The normalized spacial score (nSPS) is 12.7. The van der Waals surface area contributed by atoms with Crippen LogP contribution in [0, 0.1) is 0 Å². The Kier molecular flexibility index (Phi) is 11.0. The van der Waals surface area contributed by atoms with Crippen LogP contribution >= 0.6 is 0 Å². The second kappa shape index (κ2) is 16.2. The van der Waals surface area contributed by atoms with Crippen LogP contribution < -0.4 is 0 Å². The molecule has 9 rings (SSSR count). The van der Waals surface area contributed by atoms with Gasteiger partial charge in [0, 0.05) is 59.9 Å². The summed E-state index contributed by atoms with van der Waals surface area (Å²) >= 11 is 0. The first-order valence-corrected chi connectivity index (χ1v) is 23.3. The van der Waals surface area contributed by atoms with Gasteiger partial charge in [-0.15, -0.1) is 0 Å². The Morgan fingerprint density at radius 2 is 0.809 bits per heavy atom. The minimum atomic E-state index is -0.277. The Labute approximate surface area is 399 Å². The third-order valence-electron chi connectivity index (χ3n) is 13.2. The summed E-state index contributed by atoms with van der Waals surface area (Å²) in [6.45, 7) is 25.9. The molecule has 0 atom stereocenters. The number of hydrogen-bond acceptors (Lipinski definition) is 8. The molecule has 4 aromatic carbocycles. The zero-order chi connectivity index (χ0) is 48.8. The minimum Gasteiger partial charge on any atom is -0.507 e. The summed E-state index contributed by atoms with van der Waals surface area (Å²) in [7, 11) is 3.96. The van der Waals surface area contributed by atoms with E-state index in [1.54, 1.807) is 6.33 Å². The number of imidazole rings is 2. The van der Waals surface area contributed by atoms with Crippen LogP contribution in [0.4, 0.5) is 0 Å². The van der Waals surface area contributed by atoms with Crippen LogP contribution in [-0.4, -0.2) is 49.3 Å². The lowest BCUT2D eigenvalue weighted by molar-refractivity contribution is 0.445. The Balaban J connectivity index is 1.08. The molecular formula is C58H62N8O2. The third-order valence-corrected chi connectivity index (χ3v) is 13.2. The Bertz CT molecular complexity index is 3220. The molecule has 0 aliphatic carbocycles. The largest absolute Gasteiger partial charge is 0.507 e. The number of aromatic nitrogens is 8. The van der Waals surface area contributed by atoms with Gasteiger partial charge < -0.3 is 19.3 Å². The van der Waals surface area contributed by atoms with Gasteiger partial charge in [-0.25, -0.2) is 19.9 Å². The highest BCUT2D eigenvalue weighted by atomic mass is 16.3. The van der Waals surface area contributed by atoms with Crippen LogP contribution in [0.5, 0.6) is 11.5 Å². The number of phenols is 2. The molecule has 2 N–H and O–H groups in total. The summed E-state index contributed by atoms with van der Waals surface area (Å²) in [5, 5.41) is 23.6. The first kappa shape index (κ1) is 45.9. The molecule has 0 bridgehead atoms. The molecule has 0 saturated carbocycles. The molecule has 0 saturated heterocycles. The van der Waals surface area contributed by atoms with Crippen LogP contribution in [0.1, 0.15) is 105 Å². The number of aryl methyl sites for hydroxylation is 2. The van der Waals surface area contributed by atoms with E-state index in [1.165, 1.54) is 0 Å². The first-order valence-electron chi connectivity index (χ1n) is 23.3. The maximum atomic E-state index is 11.8. The van der Waals surface area contributed by atoms with Crippen molar-refractivity contribution in [3.05, 3.63) is 132 Å². The van der Waals surface area contributed by atoms with Crippen molar-refractivity contribution in [2.45, 2.75) is 105 Å². The molecular weight excluding hydrogens is 841 g/mol. The van der Waals surface area contributed by atoms with Gasteiger partial charge in [0.15, 0.2) is 0 Å². The Morgan fingerprint density at radius 3 is 1.18 bits per heavy atom. The molecule has 0 amide bonds. The average Bonchev–Trinajstić information content (AvgIpc) is 3.80. The van der Waals surface area contributed by atoms with Crippen molar-refractivity contribution < 1.29 is 10.2 Å². The molecule has 9 aromatic rings. The van der Waals surface area contributed by atoms with E-state index in [9.17, 15) is 10.2 Å². The zero-order valence-electron chi connectivity index (χ0n) is 41.9. The minimum absolute atomic E-state index is 0.135. The van der Waals surface area contributed by atoms with Crippen molar-refractivity contribution in [3.63, 3.8) is 0 Å². The van der Waals surface area contributed by atoms with Crippen LogP contribution in [0.3, 0.4) is 0 Å². The Morgan fingerprint density at radius 1 is 0.426 bits per heavy atom. The van der Waals surface area contributed by atoms with Crippen molar-refractivity contribution in [1.82, 2.24) is 39.0 Å². The van der Waals surface area contributed by atoms with E-state index >= 15 is 0 Å². The second-order valence-electron chi connectivity index (χ2n) is 22.4. The number of nitrogens with zero attached hydrogens (tertiary/aromatic N) is 8. The van der Waals surface area contributed by atoms with Gasteiger partial charge in [-0.1, -0.05) is 132 Å². The van der Waals surface area contributed by atoms with E-state index in [0.717, 1.165) is 89.1 Å². The van der Waals surface area contributed by atoms with Gasteiger partial charge in [-0.2, -0.15) is 0 Å². The monoisotopic (exact) mass is 902 g/mol. The summed E-state index contributed by atoms with van der Waals surface area (Å²) in [4.78, 5) is 29.3. The number of hydrogen-bond donors (Lipinski definition) is 2. The molecule has 5 heterocycles. The van der Waals surface area contributed by atoms with Gasteiger partial charge in [0.25, 0.3) is 0 Å². The van der Waals surface area contributed by atoms with Gasteiger partial charge in [0.1, 0.15) is 40.5 Å². The van der Waals surface area contributed by atoms with Gasteiger partial charge in [0.05, 0.1) is 45.9 Å². The molecule has 5 aromatic heterocycles. The number of benzene rings is 4. The average molecular weight is 903 g/mol. The summed E-state index contributed by atoms with van der Waals surface area (Å²) in [6.07, 6.45) is 8.99. The first-order chi connectivity index (χ1) is 31.9. The van der Waals surface area contributed by atoms with Crippen LogP contribution in [0.2, 0.25) is 0 Å². The third kappa shape index (κ3) is 8.20. The topological polar surface area (TPSA) is 128 Å². The van der Waals surface area contributed by atoms with E-state index in [0.29, 0.717) is 22.8 Å². The van der Waals surface area contributed by atoms with Crippen molar-refractivity contribution >= 4 is 22.1 Å². The van der Waals surface area contributed by atoms with Gasteiger partial charge in [-0.3, -0.25) is 9.97 Å². The highest BCUT2D eigenvalue weighted by Gasteiger charge is 2.30. The molecule has 0 unspecified atom stereocenters. The number of rotatable bonds is 6. The van der Waals surface area contributed by atoms with Crippen LogP contribution in [0.25, 0.3) is 89.6 Å². The van der Waals surface area contributed by atoms with Gasteiger partial charge in [-0.05, 0) is 74.2 Å². The Hall–Kier alpha value is -7.20. The van der Waals surface area contributed by atoms with E-state index in [2.05, 4.69) is 154 Å². The molecule has 0 aliphatic rings. The molecule has 0 spiro atoms. The summed E-state index contributed by atoms with van der Waals surface area (Å²) in [5.41, 5.74) is 15.0. The van der Waals surface area contributed by atoms with E-state index in [1.807, 2.05) is 66.2 Å². The second-order valence-corrected chi connectivity index (χ2v) is 22.4. The lowest BCUT2D eigenvalue weighted by Gasteiger charge is -2.27.